The van der Waals surface area contributed by atoms with E-state index in [9.17, 15) is 19.2 Å². The molecule has 4 heterocycles. The molecule has 0 spiro atoms. The molecule has 63 heavy (non-hydrogen) atoms. The molecule has 4 amide bonds. The molecule has 2 saturated heterocycles. The standard InChI is InChI=1S/2C23H32N4O3.2CH3.Fe/c2*1-14(2)20(26-23(29)30-3)22(28)27-12-6-9-19(27)21-24-17-11-10-16(13-18(17)25-21)15-7-4-5-8-15;;;/h2*10-11,13-15,19-20H,4-9,12H2,1-3H3,(H,24,25)(H,26,29);2*1H3;/q;;2*-1;+2/t2*19-,20-;;;/m00.../s1. The third kappa shape index (κ3) is 11.6. The monoisotopic (exact) mass is 910 g/mol. The number of hydrogen-bond acceptors (Lipinski definition) is 8. The van der Waals surface area contributed by atoms with Crippen LogP contribution in [-0.2, 0) is 36.1 Å². The van der Waals surface area contributed by atoms with Gasteiger partial charge < -0.3 is 54.7 Å². The number of alkyl carbamates (subject to hydrolysis) is 2. The number of ether oxygens (including phenoxy) is 2. The number of nitrogens with zero attached hydrogens (tertiary/aromatic N) is 4. The number of aromatic nitrogens is 4. The Morgan fingerprint density at radius 2 is 0.968 bits per heavy atom. The summed E-state index contributed by atoms with van der Waals surface area (Å²) >= 11 is 0. The summed E-state index contributed by atoms with van der Waals surface area (Å²) in [5, 5.41) is 5.39. The quantitative estimate of drug-likeness (QED) is 0.0899. The van der Waals surface area contributed by atoms with Gasteiger partial charge in [-0.2, -0.15) is 0 Å². The molecule has 4 aromatic rings. The minimum atomic E-state index is -0.614. The second kappa shape index (κ2) is 22.8. The predicted molar refractivity (Wildman–Crippen MR) is 243 cm³/mol. The maximum Gasteiger partial charge on any atom is 2.00 e. The molecule has 0 radical (unpaired) electrons. The summed E-state index contributed by atoms with van der Waals surface area (Å²) in [5.74, 6) is 2.74. The van der Waals surface area contributed by atoms with Crippen molar-refractivity contribution >= 4 is 46.1 Å². The average Bonchev–Trinajstić information content (AvgIpc) is 4.10. The number of imidazole rings is 2. The van der Waals surface area contributed by atoms with Gasteiger partial charge >= 0.3 is 29.3 Å². The SMILES string of the molecule is COC(=O)N[C@H](C(=O)N1CCC[C@H]1c1nc2ccc(C3CCCC3)cc2[nH]1)C(C)C.COC(=O)N[C@H](C(=O)N1CCC[C@H]1c1nc2ccc(C3CCCC3)cc2[nH]1)C(C)C.[CH3-].[CH3-].[Fe+2]. The molecule has 15 heteroatoms. The molecule has 14 nitrogen and oxygen atoms in total. The van der Waals surface area contributed by atoms with Crippen LogP contribution in [0.25, 0.3) is 22.1 Å². The third-order valence-corrected chi connectivity index (χ3v) is 13.2. The van der Waals surface area contributed by atoms with Crippen molar-refractivity contribution in [2.45, 2.75) is 141 Å². The Bertz CT molecular complexity index is 1990. The van der Waals surface area contributed by atoms with Crippen molar-refractivity contribution in [3.05, 3.63) is 74.0 Å². The van der Waals surface area contributed by atoms with Gasteiger partial charge in [-0.25, -0.2) is 19.6 Å². The summed E-state index contributed by atoms with van der Waals surface area (Å²) in [5.41, 5.74) is 6.75. The summed E-state index contributed by atoms with van der Waals surface area (Å²) in [6.07, 6.45) is 12.7. The maximum absolute atomic E-state index is 13.3. The van der Waals surface area contributed by atoms with Gasteiger partial charge in [0.15, 0.2) is 0 Å². The molecule has 4 atom stereocenters. The number of methoxy groups -OCH3 is 2. The van der Waals surface area contributed by atoms with Crippen LogP contribution in [0.4, 0.5) is 9.59 Å². The average molecular weight is 911 g/mol. The first-order valence-corrected chi connectivity index (χ1v) is 22.2. The molecular formula is C48H70FeN8O6. The van der Waals surface area contributed by atoms with Crippen LogP contribution in [0, 0.1) is 26.7 Å². The van der Waals surface area contributed by atoms with Crippen molar-refractivity contribution < 1.29 is 45.7 Å². The molecule has 0 bridgehead atoms. The van der Waals surface area contributed by atoms with Gasteiger partial charge in [-0.05, 0) is 110 Å². The van der Waals surface area contributed by atoms with E-state index in [1.54, 1.807) is 0 Å². The Morgan fingerprint density at radius 3 is 1.30 bits per heavy atom. The topological polar surface area (TPSA) is 175 Å². The predicted octanol–water partition coefficient (Wildman–Crippen LogP) is 9.43. The normalized spacial score (nSPS) is 19.8. The number of aromatic amines is 2. The molecule has 2 aromatic carbocycles. The first kappa shape index (κ1) is 51.0. The zero-order valence-corrected chi connectivity index (χ0v) is 39.7. The number of amides is 4. The third-order valence-electron chi connectivity index (χ3n) is 13.2. The summed E-state index contributed by atoms with van der Waals surface area (Å²) < 4.78 is 9.42. The second-order valence-corrected chi connectivity index (χ2v) is 17.9. The minimum Gasteiger partial charge on any atom is -0.453 e. The van der Waals surface area contributed by atoms with Crippen LogP contribution in [0.15, 0.2) is 36.4 Å². The van der Waals surface area contributed by atoms with E-state index in [1.165, 1.54) is 76.7 Å². The minimum absolute atomic E-state index is 0. The molecule has 8 rings (SSSR count). The van der Waals surface area contributed by atoms with E-state index in [0.717, 1.165) is 59.4 Å². The van der Waals surface area contributed by atoms with Crippen molar-refractivity contribution in [1.29, 1.82) is 0 Å². The van der Waals surface area contributed by atoms with Gasteiger partial charge in [0.2, 0.25) is 11.8 Å². The number of H-pyrrole nitrogens is 2. The second-order valence-electron chi connectivity index (χ2n) is 17.9. The van der Waals surface area contributed by atoms with Crippen LogP contribution in [-0.4, -0.2) is 93.1 Å². The van der Waals surface area contributed by atoms with Gasteiger partial charge in [0, 0.05) is 13.1 Å². The number of carbonyl (C=O) groups excluding carboxylic acids is 4. The summed E-state index contributed by atoms with van der Waals surface area (Å²) in [6, 6.07) is 11.6. The van der Waals surface area contributed by atoms with Crippen molar-refractivity contribution in [2.24, 2.45) is 11.8 Å². The molecule has 2 aliphatic heterocycles. The number of likely N-dealkylation sites (tertiary alicyclic amines) is 2. The van der Waals surface area contributed by atoms with Gasteiger partial charge in [0.25, 0.3) is 0 Å². The Balaban J connectivity index is 0.000000264. The first-order valence-electron chi connectivity index (χ1n) is 22.2. The molecule has 2 saturated carbocycles. The van der Waals surface area contributed by atoms with E-state index in [0.29, 0.717) is 24.9 Å². The van der Waals surface area contributed by atoms with Gasteiger partial charge in [0.05, 0.1) is 48.4 Å². The molecule has 4 fully saturated rings. The summed E-state index contributed by atoms with van der Waals surface area (Å²) in [4.78, 5) is 70.3. The van der Waals surface area contributed by atoms with Gasteiger partial charge in [-0.1, -0.05) is 65.5 Å². The number of hydrogen-bond donors (Lipinski definition) is 4. The van der Waals surface area contributed by atoms with E-state index >= 15 is 0 Å². The molecular weight excluding hydrogens is 840 g/mol. The number of rotatable bonds is 10. The summed E-state index contributed by atoms with van der Waals surface area (Å²) in [7, 11) is 2.62. The van der Waals surface area contributed by atoms with Gasteiger partial charge in [-0.15, -0.1) is 0 Å². The Hall–Kier alpha value is -4.62. The van der Waals surface area contributed by atoms with E-state index in [-0.39, 0.29) is 67.7 Å². The zero-order valence-electron chi connectivity index (χ0n) is 38.6. The molecule has 2 aromatic heterocycles. The number of nitrogens with one attached hydrogen (secondary N) is 4. The van der Waals surface area contributed by atoms with Crippen molar-refractivity contribution in [3.8, 4) is 0 Å². The van der Waals surface area contributed by atoms with Crippen LogP contribution >= 0.6 is 0 Å². The number of benzene rings is 2. The summed E-state index contributed by atoms with van der Waals surface area (Å²) in [6.45, 7) is 9.04. The van der Waals surface area contributed by atoms with Crippen LogP contribution in [0.2, 0.25) is 0 Å². The molecule has 4 N–H and O–H groups in total. The van der Waals surface area contributed by atoms with Crippen molar-refractivity contribution in [1.82, 2.24) is 40.4 Å². The van der Waals surface area contributed by atoms with E-state index in [1.807, 2.05) is 37.5 Å². The number of carbonyl (C=O) groups is 4. The van der Waals surface area contributed by atoms with E-state index in [4.69, 9.17) is 19.4 Å². The van der Waals surface area contributed by atoms with E-state index in [2.05, 4.69) is 57.0 Å². The Labute approximate surface area is 384 Å². The fourth-order valence-electron chi connectivity index (χ4n) is 9.82. The molecule has 2 aliphatic carbocycles. The molecule has 0 unspecified atom stereocenters. The fourth-order valence-corrected chi connectivity index (χ4v) is 9.82. The van der Waals surface area contributed by atoms with E-state index < -0.39 is 24.3 Å². The van der Waals surface area contributed by atoms with Gasteiger partial charge in [0.1, 0.15) is 23.7 Å². The number of fused-ring (bicyclic) bond motifs is 2. The first-order chi connectivity index (χ1) is 28.9. The smallest absolute Gasteiger partial charge is 0.453 e. The molecule has 346 valence electrons. The van der Waals surface area contributed by atoms with Crippen molar-refractivity contribution in [3.63, 3.8) is 0 Å². The maximum atomic E-state index is 13.3. The van der Waals surface area contributed by atoms with Crippen molar-refractivity contribution in [2.75, 3.05) is 27.3 Å². The van der Waals surface area contributed by atoms with Crippen LogP contribution in [0.5, 0.6) is 0 Å². The fraction of sp³-hybridized carbons (Fsp3) is 0.583. The van der Waals surface area contributed by atoms with Crippen LogP contribution < -0.4 is 10.6 Å². The molecule has 4 aliphatic rings. The van der Waals surface area contributed by atoms with Gasteiger partial charge in [-0.3, -0.25) is 9.59 Å². The largest absolute Gasteiger partial charge is 2.00 e. The van der Waals surface area contributed by atoms with Crippen LogP contribution in [0.1, 0.15) is 151 Å². The van der Waals surface area contributed by atoms with Crippen LogP contribution in [0.3, 0.4) is 0 Å². The zero-order chi connectivity index (χ0) is 42.5. The Morgan fingerprint density at radius 1 is 0.603 bits per heavy atom. The Kier molecular flexibility index (Phi) is 18.5.